The Bertz CT molecular complexity index is 1430. The van der Waals surface area contributed by atoms with Crippen molar-refractivity contribution in [2.45, 2.75) is 24.7 Å². The summed E-state index contributed by atoms with van der Waals surface area (Å²) in [5, 5.41) is 2.04. The summed E-state index contributed by atoms with van der Waals surface area (Å²) in [6.45, 7) is 3.34. The Kier molecular flexibility index (Phi) is 6.50. The first-order valence-corrected chi connectivity index (χ1v) is 13.8. The number of sulfonamides is 1. The van der Waals surface area contributed by atoms with Crippen molar-refractivity contribution in [1.29, 1.82) is 0 Å². The summed E-state index contributed by atoms with van der Waals surface area (Å²) in [5.74, 6) is 0.570. The first-order chi connectivity index (χ1) is 16.5. The van der Waals surface area contributed by atoms with E-state index in [0.29, 0.717) is 23.9 Å². The molecule has 1 aliphatic heterocycles. The standard InChI is InChI=1S/C27H27N3O2S2/c1-21-15-17-29(18-16-21)34(31,32)25-14-8-9-22(19-25)26-20-33-27(28-23-10-4-2-5-11-23)30(26)24-12-6-3-7-13-24/h2-14,19-21H,15-18H2,1H3. The predicted octanol–water partition coefficient (Wildman–Crippen LogP) is 5.86. The highest BCUT2D eigenvalue weighted by molar-refractivity contribution is 7.89. The Hall–Kier alpha value is -3.00. The summed E-state index contributed by atoms with van der Waals surface area (Å²) in [6, 6.07) is 27.2. The lowest BCUT2D eigenvalue weighted by molar-refractivity contribution is 0.288. The third-order valence-electron chi connectivity index (χ3n) is 6.21. The van der Waals surface area contributed by atoms with E-state index in [4.69, 9.17) is 4.99 Å². The largest absolute Gasteiger partial charge is 0.285 e. The van der Waals surface area contributed by atoms with Crippen LogP contribution in [0.3, 0.4) is 0 Å². The molecule has 1 fully saturated rings. The van der Waals surface area contributed by atoms with Crippen molar-refractivity contribution >= 4 is 27.0 Å². The molecule has 0 unspecified atom stereocenters. The second-order valence-electron chi connectivity index (χ2n) is 8.64. The Balaban J connectivity index is 1.61. The van der Waals surface area contributed by atoms with Gasteiger partial charge in [-0.3, -0.25) is 4.57 Å². The highest BCUT2D eigenvalue weighted by atomic mass is 32.2. The molecule has 1 aliphatic rings. The molecule has 3 aromatic carbocycles. The molecular formula is C27H27N3O2S2. The van der Waals surface area contributed by atoms with Gasteiger partial charge in [0.1, 0.15) is 0 Å². The van der Waals surface area contributed by atoms with Crippen molar-refractivity contribution in [3.8, 4) is 16.9 Å². The van der Waals surface area contributed by atoms with Crippen molar-refractivity contribution < 1.29 is 8.42 Å². The SMILES string of the molecule is CC1CCN(S(=O)(=O)c2cccc(-c3csc(=Nc4ccccc4)n3-c3ccccc3)c2)CC1. The summed E-state index contributed by atoms with van der Waals surface area (Å²) in [6.07, 6.45) is 1.81. The molecule has 1 aromatic heterocycles. The maximum absolute atomic E-state index is 13.4. The predicted molar refractivity (Wildman–Crippen MR) is 138 cm³/mol. The number of rotatable bonds is 5. The fourth-order valence-corrected chi connectivity index (χ4v) is 6.66. The van der Waals surface area contributed by atoms with Gasteiger partial charge in [-0.15, -0.1) is 11.3 Å². The Morgan fingerprint density at radius 1 is 0.882 bits per heavy atom. The molecule has 5 nitrogen and oxygen atoms in total. The van der Waals surface area contributed by atoms with Gasteiger partial charge in [0, 0.05) is 29.7 Å². The summed E-state index contributed by atoms with van der Waals surface area (Å²) in [4.78, 5) is 6.03. The lowest BCUT2D eigenvalue weighted by atomic mass is 10.0. The van der Waals surface area contributed by atoms with Gasteiger partial charge in [0.05, 0.1) is 16.3 Å². The third kappa shape index (κ3) is 4.64. The first-order valence-electron chi connectivity index (χ1n) is 11.5. The molecule has 0 amide bonds. The lowest BCUT2D eigenvalue weighted by Crippen LogP contribution is -2.37. The van der Waals surface area contributed by atoms with E-state index >= 15 is 0 Å². The number of benzene rings is 3. The molecule has 0 atom stereocenters. The van der Waals surface area contributed by atoms with E-state index in [1.54, 1.807) is 16.4 Å². The molecule has 0 N–H and O–H groups in total. The second kappa shape index (κ2) is 9.70. The summed E-state index contributed by atoms with van der Waals surface area (Å²) < 4.78 is 30.5. The summed E-state index contributed by atoms with van der Waals surface area (Å²) in [5.41, 5.74) is 3.61. The molecule has 0 radical (unpaired) electrons. The lowest BCUT2D eigenvalue weighted by Gasteiger charge is -2.29. The van der Waals surface area contributed by atoms with Crippen LogP contribution in [0.2, 0.25) is 0 Å². The molecule has 34 heavy (non-hydrogen) atoms. The number of hydrogen-bond acceptors (Lipinski definition) is 4. The van der Waals surface area contributed by atoms with Gasteiger partial charge in [0.15, 0.2) is 4.80 Å². The van der Waals surface area contributed by atoms with Gasteiger partial charge in [-0.05, 0) is 55.2 Å². The Morgan fingerprint density at radius 2 is 1.56 bits per heavy atom. The van der Waals surface area contributed by atoms with Crippen molar-refractivity contribution in [3.63, 3.8) is 0 Å². The molecule has 174 valence electrons. The number of piperidine rings is 1. The van der Waals surface area contributed by atoms with Crippen LogP contribution in [0.1, 0.15) is 19.8 Å². The van der Waals surface area contributed by atoms with E-state index in [0.717, 1.165) is 40.3 Å². The number of para-hydroxylation sites is 2. The number of thiazole rings is 1. The van der Waals surface area contributed by atoms with Crippen LogP contribution in [0.15, 0.2) is 100 Å². The summed E-state index contributed by atoms with van der Waals surface area (Å²) in [7, 11) is -3.53. The smallest absolute Gasteiger partial charge is 0.243 e. The minimum atomic E-state index is -3.53. The van der Waals surface area contributed by atoms with Crippen LogP contribution in [-0.2, 0) is 10.0 Å². The van der Waals surface area contributed by atoms with Crippen molar-refractivity contribution in [3.05, 3.63) is 95.1 Å². The van der Waals surface area contributed by atoms with Crippen molar-refractivity contribution in [2.75, 3.05) is 13.1 Å². The highest BCUT2D eigenvalue weighted by Crippen LogP contribution is 2.29. The maximum Gasteiger partial charge on any atom is 0.243 e. The number of nitrogens with zero attached hydrogens (tertiary/aromatic N) is 3. The second-order valence-corrected chi connectivity index (χ2v) is 11.4. The fourth-order valence-electron chi connectivity index (χ4n) is 4.22. The zero-order chi connectivity index (χ0) is 23.5. The molecule has 0 spiro atoms. The molecule has 5 rings (SSSR count). The van der Waals surface area contributed by atoms with Crippen LogP contribution in [0.25, 0.3) is 16.9 Å². The van der Waals surface area contributed by atoms with E-state index in [-0.39, 0.29) is 0 Å². The molecule has 7 heteroatoms. The molecule has 4 aromatic rings. The minimum Gasteiger partial charge on any atom is -0.285 e. The Morgan fingerprint density at radius 3 is 2.26 bits per heavy atom. The van der Waals surface area contributed by atoms with Gasteiger partial charge < -0.3 is 0 Å². The molecule has 1 saturated heterocycles. The van der Waals surface area contributed by atoms with Crippen LogP contribution in [0, 0.1) is 5.92 Å². The van der Waals surface area contributed by atoms with Crippen LogP contribution < -0.4 is 4.80 Å². The zero-order valence-electron chi connectivity index (χ0n) is 19.0. The van der Waals surface area contributed by atoms with Gasteiger partial charge in [0.25, 0.3) is 0 Å². The minimum absolute atomic E-state index is 0.340. The van der Waals surface area contributed by atoms with Gasteiger partial charge in [-0.25, -0.2) is 13.4 Å². The van der Waals surface area contributed by atoms with Gasteiger partial charge >= 0.3 is 0 Å². The topological polar surface area (TPSA) is 54.7 Å². The molecule has 2 heterocycles. The van der Waals surface area contributed by atoms with Crippen molar-refractivity contribution in [1.82, 2.24) is 8.87 Å². The van der Waals surface area contributed by atoms with Crippen LogP contribution in [0.4, 0.5) is 5.69 Å². The monoisotopic (exact) mass is 489 g/mol. The van der Waals surface area contributed by atoms with E-state index in [1.165, 1.54) is 11.3 Å². The Labute approximate surface area is 204 Å². The van der Waals surface area contributed by atoms with E-state index in [9.17, 15) is 8.42 Å². The molecule has 0 aliphatic carbocycles. The molecule has 0 saturated carbocycles. The first kappa shape index (κ1) is 22.8. The normalized spacial score (nSPS) is 16.1. The van der Waals surface area contributed by atoms with Gasteiger partial charge in [0.2, 0.25) is 10.0 Å². The number of aromatic nitrogens is 1. The van der Waals surface area contributed by atoms with E-state index < -0.39 is 10.0 Å². The maximum atomic E-state index is 13.4. The summed E-state index contributed by atoms with van der Waals surface area (Å²) >= 11 is 1.54. The molecule has 0 bridgehead atoms. The third-order valence-corrected chi connectivity index (χ3v) is 8.93. The fraction of sp³-hybridized carbons (Fsp3) is 0.222. The van der Waals surface area contributed by atoms with E-state index in [2.05, 4.69) is 11.5 Å². The average molecular weight is 490 g/mol. The van der Waals surface area contributed by atoms with Gasteiger partial charge in [-0.2, -0.15) is 4.31 Å². The number of hydrogen-bond donors (Lipinski definition) is 0. The zero-order valence-corrected chi connectivity index (χ0v) is 20.7. The van der Waals surface area contributed by atoms with Crippen LogP contribution >= 0.6 is 11.3 Å². The van der Waals surface area contributed by atoms with Crippen molar-refractivity contribution in [2.24, 2.45) is 10.9 Å². The highest BCUT2D eigenvalue weighted by Gasteiger charge is 2.28. The van der Waals surface area contributed by atoms with Crippen LogP contribution in [-0.4, -0.2) is 30.4 Å². The van der Waals surface area contributed by atoms with E-state index in [1.807, 2.05) is 78.2 Å². The average Bonchev–Trinajstić information content (AvgIpc) is 3.29. The molecular weight excluding hydrogens is 462 g/mol. The van der Waals surface area contributed by atoms with Crippen LogP contribution in [0.5, 0.6) is 0 Å². The quantitative estimate of drug-likeness (QED) is 0.353. The van der Waals surface area contributed by atoms with Gasteiger partial charge in [-0.1, -0.05) is 55.5 Å².